The molecule has 1 N–H and O–H groups in total. The van der Waals surface area contributed by atoms with E-state index in [1.807, 2.05) is 24.0 Å². The lowest BCUT2D eigenvalue weighted by Gasteiger charge is -2.16. The summed E-state index contributed by atoms with van der Waals surface area (Å²) in [7, 11) is 0. The first-order valence-corrected chi connectivity index (χ1v) is 6.73. The summed E-state index contributed by atoms with van der Waals surface area (Å²) in [6.07, 6.45) is 2.46. The van der Waals surface area contributed by atoms with Gasteiger partial charge in [-0.3, -0.25) is 4.79 Å². The molecular formula is C15H19NO3. The number of carboxylic acids is 1. The summed E-state index contributed by atoms with van der Waals surface area (Å²) in [5, 5.41) is 8.86. The Labute approximate surface area is 113 Å². The molecule has 1 saturated heterocycles. The number of amides is 1. The average Bonchev–Trinajstić information content (AvgIpc) is 2.89. The average molecular weight is 261 g/mol. The molecule has 102 valence electrons. The molecular weight excluding hydrogens is 242 g/mol. The number of benzene rings is 1. The van der Waals surface area contributed by atoms with E-state index >= 15 is 0 Å². The van der Waals surface area contributed by atoms with Crippen LogP contribution in [0.15, 0.2) is 24.3 Å². The van der Waals surface area contributed by atoms with Crippen molar-refractivity contribution in [1.82, 2.24) is 4.90 Å². The summed E-state index contributed by atoms with van der Waals surface area (Å²) in [6.45, 7) is 3.57. The molecule has 1 aromatic carbocycles. The van der Waals surface area contributed by atoms with Gasteiger partial charge in [-0.25, -0.2) is 4.79 Å². The number of likely N-dealkylation sites (tertiary alicyclic amines) is 1. The van der Waals surface area contributed by atoms with Crippen molar-refractivity contribution in [3.63, 3.8) is 0 Å². The molecule has 0 saturated carbocycles. The van der Waals surface area contributed by atoms with E-state index in [9.17, 15) is 9.59 Å². The lowest BCUT2D eigenvalue weighted by atomic mass is 9.97. The monoisotopic (exact) mass is 261 g/mol. The van der Waals surface area contributed by atoms with Gasteiger partial charge in [0.05, 0.1) is 5.56 Å². The van der Waals surface area contributed by atoms with Crippen molar-refractivity contribution < 1.29 is 14.7 Å². The van der Waals surface area contributed by atoms with Crippen LogP contribution in [0.5, 0.6) is 0 Å². The van der Waals surface area contributed by atoms with Crippen LogP contribution in [0, 0.1) is 0 Å². The van der Waals surface area contributed by atoms with E-state index in [2.05, 4.69) is 0 Å². The third-order valence-corrected chi connectivity index (χ3v) is 3.63. The Kier molecular flexibility index (Phi) is 4.20. The molecule has 1 aliphatic heterocycles. The Morgan fingerprint density at radius 2 is 2.00 bits per heavy atom. The van der Waals surface area contributed by atoms with Gasteiger partial charge in [0.1, 0.15) is 0 Å². The number of nitrogens with zero attached hydrogens (tertiary/aromatic N) is 1. The van der Waals surface area contributed by atoms with Crippen molar-refractivity contribution in [3.05, 3.63) is 35.4 Å². The van der Waals surface area contributed by atoms with E-state index in [0.717, 1.165) is 31.5 Å². The Hall–Kier alpha value is -1.84. The molecule has 0 spiro atoms. The van der Waals surface area contributed by atoms with Crippen LogP contribution in [0.3, 0.4) is 0 Å². The Bertz CT molecular complexity index is 467. The second-order valence-corrected chi connectivity index (χ2v) is 5.00. The standard InChI is InChI=1S/C15H19NO3/c1-2-3-14(17)16-9-8-13(10-16)11-4-6-12(7-5-11)15(18)19/h4-7,13H,2-3,8-10H2,1H3,(H,18,19). The van der Waals surface area contributed by atoms with E-state index < -0.39 is 5.97 Å². The van der Waals surface area contributed by atoms with Crippen LogP contribution in [-0.2, 0) is 4.79 Å². The Balaban J connectivity index is 2.00. The van der Waals surface area contributed by atoms with Crippen LogP contribution < -0.4 is 0 Å². The van der Waals surface area contributed by atoms with Gasteiger partial charge in [-0.05, 0) is 30.5 Å². The number of carboxylic acid groups (broad SMARTS) is 1. The van der Waals surface area contributed by atoms with Crippen LogP contribution in [0.25, 0.3) is 0 Å². The summed E-state index contributed by atoms with van der Waals surface area (Å²) >= 11 is 0. The molecule has 1 amide bonds. The van der Waals surface area contributed by atoms with E-state index in [4.69, 9.17) is 5.11 Å². The van der Waals surface area contributed by atoms with Gasteiger partial charge in [-0.15, -0.1) is 0 Å². The van der Waals surface area contributed by atoms with Gasteiger partial charge >= 0.3 is 5.97 Å². The maximum atomic E-state index is 11.8. The molecule has 1 unspecified atom stereocenters. The number of hydrogen-bond acceptors (Lipinski definition) is 2. The lowest BCUT2D eigenvalue weighted by Crippen LogP contribution is -2.27. The SMILES string of the molecule is CCCC(=O)N1CCC(c2ccc(C(=O)O)cc2)C1. The Morgan fingerprint density at radius 3 is 2.58 bits per heavy atom. The summed E-state index contributed by atoms with van der Waals surface area (Å²) in [5.41, 5.74) is 1.43. The van der Waals surface area contributed by atoms with Crippen molar-refractivity contribution in [2.75, 3.05) is 13.1 Å². The Morgan fingerprint density at radius 1 is 1.32 bits per heavy atom. The van der Waals surface area contributed by atoms with E-state index in [1.54, 1.807) is 12.1 Å². The molecule has 0 aromatic heterocycles. The molecule has 2 rings (SSSR count). The summed E-state index contributed by atoms with van der Waals surface area (Å²) in [6, 6.07) is 6.99. The second kappa shape index (κ2) is 5.87. The highest BCUT2D eigenvalue weighted by atomic mass is 16.4. The van der Waals surface area contributed by atoms with Crippen molar-refractivity contribution in [3.8, 4) is 0 Å². The minimum atomic E-state index is -0.905. The van der Waals surface area contributed by atoms with Gasteiger partial charge in [0.15, 0.2) is 0 Å². The van der Waals surface area contributed by atoms with Crippen LogP contribution in [-0.4, -0.2) is 35.0 Å². The topological polar surface area (TPSA) is 57.6 Å². The number of rotatable bonds is 4. The predicted octanol–water partition coefficient (Wildman–Crippen LogP) is 2.50. The molecule has 1 atom stereocenters. The number of carbonyl (C=O) groups excluding carboxylic acids is 1. The first kappa shape index (κ1) is 13.6. The summed E-state index contributed by atoms with van der Waals surface area (Å²) < 4.78 is 0. The maximum Gasteiger partial charge on any atom is 0.335 e. The quantitative estimate of drug-likeness (QED) is 0.906. The fourth-order valence-corrected chi connectivity index (χ4v) is 2.53. The molecule has 1 fully saturated rings. The van der Waals surface area contributed by atoms with Crippen LogP contribution >= 0.6 is 0 Å². The van der Waals surface area contributed by atoms with Crippen molar-refractivity contribution >= 4 is 11.9 Å². The third kappa shape index (κ3) is 3.13. The zero-order valence-corrected chi connectivity index (χ0v) is 11.1. The summed E-state index contributed by atoms with van der Waals surface area (Å²) in [5.74, 6) is -0.339. The molecule has 19 heavy (non-hydrogen) atoms. The normalized spacial score (nSPS) is 18.6. The van der Waals surface area contributed by atoms with Gasteiger partial charge < -0.3 is 10.0 Å². The third-order valence-electron chi connectivity index (χ3n) is 3.63. The molecule has 4 heteroatoms. The first-order chi connectivity index (χ1) is 9.11. The number of hydrogen-bond donors (Lipinski definition) is 1. The molecule has 4 nitrogen and oxygen atoms in total. The van der Waals surface area contributed by atoms with E-state index in [0.29, 0.717) is 17.9 Å². The van der Waals surface area contributed by atoms with Crippen LogP contribution in [0.1, 0.15) is 48.0 Å². The smallest absolute Gasteiger partial charge is 0.335 e. The molecule has 0 radical (unpaired) electrons. The lowest BCUT2D eigenvalue weighted by molar-refractivity contribution is -0.130. The van der Waals surface area contributed by atoms with E-state index in [1.165, 1.54) is 0 Å². The molecule has 0 aliphatic carbocycles. The van der Waals surface area contributed by atoms with Crippen molar-refractivity contribution in [2.45, 2.75) is 32.1 Å². The van der Waals surface area contributed by atoms with E-state index in [-0.39, 0.29) is 5.91 Å². The zero-order chi connectivity index (χ0) is 13.8. The van der Waals surface area contributed by atoms with Gasteiger partial charge in [0.2, 0.25) is 5.91 Å². The maximum absolute atomic E-state index is 11.8. The molecule has 1 aliphatic rings. The molecule has 1 aromatic rings. The van der Waals surface area contributed by atoms with Crippen LogP contribution in [0.2, 0.25) is 0 Å². The minimum Gasteiger partial charge on any atom is -0.478 e. The fraction of sp³-hybridized carbons (Fsp3) is 0.467. The molecule has 0 bridgehead atoms. The largest absolute Gasteiger partial charge is 0.478 e. The fourth-order valence-electron chi connectivity index (χ4n) is 2.53. The van der Waals surface area contributed by atoms with Crippen molar-refractivity contribution in [2.24, 2.45) is 0 Å². The minimum absolute atomic E-state index is 0.229. The van der Waals surface area contributed by atoms with Gasteiger partial charge in [0.25, 0.3) is 0 Å². The van der Waals surface area contributed by atoms with Crippen molar-refractivity contribution in [1.29, 1.82) is 0 Å². The first-order valence-electron chi connectivity index (χ1n) is 6.73. The van der Waals surface area contributed by atoms with Gasteiger partial charge in [-0.1, -0.05) is 19.1 Å². The number of carbonyl (C=O) groups is 2. The zero-order valence-electron chi connectivity index (χ0n) is 11.1. The highest BCUT2D eigenvalue weighted by Gasteiger charge is 2.26. The second-order valence-electron chi connectivity index (χ2n) is 5.00. The number of aromatic carboxylic acids is 1. The predicted molar refractivity (Wildman–Crippen MR) is 72.2 cm³/mol. The van der Waals surface area contributed by atoms with Crippen LogP contribution in [0.4, 0.5) is 0 Å². The molecule has 1 heterocycles. The summed E-state index contributed by atoms with van der Waals surface area (Å²) in [4.78, 5) is 24.5. The highest BCUT2D eigenvalue weighted by molar-refractivity contribution is 5.87. The highest BCUT2D eigenvalue weighted by Crippen LogP contribution is 2.27. The van der Waals surface area contributed by atoms with Gasteiger partial charge in [-0.2, -0.15) is 0 Å². The van der Waals surface area contributed by atoms with Gasteiger partial charge in [0, 0.05) is 25.4 Å².